The smallest absolute Gasteiger partial charge is 0.255 e. The molecular weight excluding hydrogens is 396 g/mol. The van der Waals surface area contributed by atoms with Crippen LogP contribution in [-0.4, -0.2) is 28.8 Å². The zero-order chi connectivity index (χ0) is 22.5. The van der Waals surface area contributed by atoms with Gasteiger partial charge in [0, 0.05) is 17.8 Å². The third-order valence-electron chi connectivity index (χ3n) is 6.62. The third-order valence-corrected chi connectivity index (χ3v) is 6.62. The van der Waals surface area contributed by atoms with Crippen molar-refractivity contribution in [2.75, 3.05) is 13.1 Å². The molecule has 32 heavy (non-hydrogen) atoms. The summed E-state index contributed by atoms with van der Waals surface area (Å²) in [5, 5.41) is 7.81. The van der Waals surface area contributed by atoms with E-state index in [1.807, 2.05) is 18.5 Å². The molecule has 168 valence electrons. The molecule has 0 aliphatic carbocycles. The molecule has 2 aromatic carbocycles. The minimum atomic E-state index is -0.0460. The number of nitrogens with zero attached hydrogens (tertiary/aromatic N) is 2. The molecule has 5 nitrogen and oxygen atoms in total. The zero-order valence-corrected chi connectivity index (χ0v) is 19.6. The highest BCUT2D eigenvalue weighted by Gasteiger charge is 2.20. The quantitative estimate of drug-likeness (QED) is 0.603. The Hall–Kier alpha value is -2.92. The summed E-state index contributed by atoms with van der Waals surface area (Å²) < 4.78 is 1.93. The lowest BCUT2D eigenvalue weighted by molar-refractivity contribution is -0.918. The minimum absolute atomic E-state index is 0.0460. The summed E-state index contributed by atoms with van der Waals surface area (Å²) in [6.07, 6.45) is 4.00. The fraction of sp³-hybridized carbons (Fsp3) is 0.407. The van der Waals surface area contributed by atoms with Gasteiger partial charge in [0.15, 0.2) is 0 Å². The van der Waals surface area contributed by atoms with Gasteiger partial charge in [-0.2, -0.15) is 5.10 Å². The molecule has 0 atom stereocenters. The van der Waals surface area contributed by atoms with Crippen molar-refractivity contribution in [3.8, 4) is 0 Å². The molecule has 2 N–H and O–H groups in total. The number of aromatic nitrogens is 2. The maximum Gasteiger partial charge on any atom is 0.255 e. The molecule has 0 spiro atoms. The summed E-state index contributed by atoms with van der Waals surface area (Å²) in [4.78, 5) is 14.8. The number of aryl methyl sites for hydroxylation is 2. The van der Waals surface area contributed by atoms with E-state index < -0.39 is 0 Å². The van der Waals surface area contributed by atoms with Crippen molar-refractivity contribution in [3.63, 3.8) is 0 Å². The van der Waals surface area contributed by atoms with Crippen molar-refractivity contribution >= 4 is 5.91 Å². The minimum Gasteiger partial charge on any atom is -0.348 e. The highest BCUT2D eigenvalue weighted by Crippen LogP contribution is 2.16. The molecule has 1 aliphatic heterocycles. The maximum absolute atomic E-state index is 13.1. The number of likely N-dealkylation sites (tertiary alicyclic amines) is 1. The van der Waals surface area contributed by atoms with Crippen LogP contribution in [0.25, 0.3) is 0 Å². The summed E-state index contributed by atoms with van der Waals surface area (Å²) in [6.45, 7) is 10.7. The van der Waals surface area contributed by atoms with E-state index >= 15 is 0 Å². The standard InChI is InChI=1S/C27H34N4O/c1-20-11-13-23(14-12-20)18-31-22(3)26(21(2)29-31)27(32)28-17-24-9-5-6-10-25(24)19-30-15-7-4-8-16-30/h5-6,9-14H,4,7-8,15-19H2,1-3H3,(H,28,32)/p+1. The molecule has 4 rings (SSSR count). The first kappa shape index (κ1) is 22.3. The van der Waals surface area contributed by atoms with Crippen molar-refractivity contribution in [2.24, 2.45) is 0 Å². The van der Waals surface area contributed by atoms with Crippen molar-refractivity contribution in [1.29, 1.82) is 0 Å². The second kappa shape index (κ2) is 10.1. The van der Waals surface area contributed by atoms with Gasteiger partial charge < -0.3 is 10.2 Å². The Morgan fingerprint density at radius 2 is 1.66 bits per heavy atom. The predicted octanol–water partition coefficient (Wildman–Crippen LogP) is 3.36. The van der Waals surface area contributed by atoms with E-state index in [9.17, 15) is 4.79 Å². The van der Waals surface area contributed by atoms with Gasteiger partial charge in [-0.15, -0.1) is 0 Å². The Morgan fingerprint density at radius 3 is 2.38 bits per heavy atom. The van der Waals surface area contributed by atoms with Gasteiger partial charge in [0.2, 0.25) is 0 Å². The van der Waals surface area contributed by atoms with Gasteiger partial charge >= 0.3 is 0 Å². The Balaban J connectivity index is 1.43. The predicted molar refractivity (Wildman–Crippen MR) is 128 cm³/mol. The van der Waals surface area contributed by atoms with Crippen LogP contribution >= 0.6 is 0 Å². The number of nitrogens with one attached hydrogen (secondary N) is 2. The van der Waals surface area contributed by atoms with Gasteiger partial charge in [0.1, 0.15) is 6.54 Å². The number of piperidine rings is 1. The molecule has 3 aromatic rings. The molecule has 1 aliphatic rings. The lowest BCUT2D eigenvalue weighted by Gasteiger charge is -2.24. The molecule has 0 unspecified atom stereocenters. The Morgan fingerprint density at radius 1 is 0.969 bits per heavy atom. The van der Waals surface area contributed by atoms with Gasteiger partial charge in [0.05, 0.1) is 30.9 Å². The molecule has 2 heterocycles. The van der Waals surface area contributed by atoms with Crippen LogP contribution in [0.4, 0.5) is 0 Å². The van der Waals surface area contributed by atoms with Crippen LogP contribution in [0, 0.1) is 20.8 Å². The van der Waals surface area contributed by atoms with Crippen molar-refractivity contribution in [2.45, 2.75) is 59.7 Å². The molecule has 0 radical (unpaired) electrons. The molecule has 0 bridgehead atoms. The van der Waals surface area contributed by atoms with Crippen LogP contribution in [0.3, 0.4) is 0 Å². The number of hydrogen-bond acceptors (Lipinski definition) is 2. The van der Waals surface area contributed by atoms with E-state index in [4.69, 9.17) is 0 Å². The van der Waals surface area contributed by atoms with Gasteiger partial charge in [-0.25, -0.2) is 0 Å². The lowest BCUT2D eigenvalue weighted by Crippen LogP contribution is -3.11. The van der Waals surface area contributed by atoms with E-state index in [1.165, 1.54) is 54.6 Å². The fourth-order valence-corrected chi connectivity index (χ4v) is 4.71. The molecule has 5 heteroatoms. The number of carbonyl (C=O) groups excluding carboxylic acids is 1. The van der Waals surface area contributed by atoms with Crippen LogP contribution in [-0.2, 0) is 19.6 Å². The first-order chi connectivity index (χ1) is 15.5. The largest absolute Gasteiger partial charge is 0.348 e. The Kier molecular flexibility index (Phi) is 7.05. The van der Waals surface area contributed by atoms with Gasteiger partial charge in [-0.05, 0) is 51.2 Å². The van der Waals surface area contributed by atoms with E-state index in [-0.39, 0.29) is 5.91 Å². The number of rotatable bonds is 7. The van der Waals surface area contributed by atoms with Crippen molar-refractivity contribution in [1.82, 2.24) is 15.1 Å². The van der Waals surface area contributed by atoms with E-state index in [1.54, 1.807) is 4.90 Å². The molecular formula is C27H35N4O+. The van der Waals surface area contributed by atoms with E-state index in [0.717, 1.165) is 17.9 Å². The monoisotopic (exact) mass is 431 g/mol. The highest BCUT2D eigenvalue weighted by molar-refractivity contribution is 5.96. The normalized spacial score (nSPS) is 14.5. The molecule has 1 aromatic heterocycles. The second-order valence-corrected chi connectivity index (χ2v) is 9.13. The highest BCUT2D eigenvalue weighted by atomic mass is 16.1. The zero-order valence-electron chi connectivity index (χ0n) is 19.6. The third kappa shape index (κ3) is 5.28. The van der Waals surface area contributed by atoms with Crippen LogP contribution in [0.15, 0.2) is 48.5 Å². The van der Waals surface area contributed by atoms with Gasteiger partial charge in [0.25, 0.3) is 5.91 Å². The van der Waals surface area contributed by atoms with Crippen LogP contribution in [0.2, 0.25) is 0 Å². The van der Waals surface area contributed by atoms with Crippen LogP contribution < -0.4 is 10.2 Å². The Labute approximate surface area is 191 Å². The average molecular weight is 432 g/mol. The van der Waals surface area contributed by atoms with Crippen molar-refractivity contribution in [3.05, 3.63) is 87.7 Å². The molecule has 1 saturated heterocycles. The second-order valence-electron chi connectivity index (χ2n) is 9.13. The SMILES string of the molecule is Cc1ccc(Cn2nc(C)c(C(=O)NCc3ccccc3C[NH+]3CCCCC3)c2C)cc1. The first-order valence-electron chi connectivity index (χ1n) is 11.8. The number of carbonyl (C=O) groups is 1. The summed E-state index contributed by atoms with van der Waals surface area (Å²) in [6, 6.07) is 17.0. The number of amides is 1. The lowest BCUT2D eigenvalue weighted by atomic mass is 10.0. The first-order valence-corrected chi connectivity index (χ1v) is 11.8. The van der Waals surface area contributed by atoms with E-state index in [2.05, 4.69) is 65.9 Å². The molecule has 1 amide bonds. The maximum atomic E-state index is 13.1. The number of quaternary nitrogens is 1. The van der Waals surface area contributed by atoms with Crippen molar-refractivity contribution < 1.29 is 9.69 Å². The average Bonchev–Trinajstić information content (AvgIpc) is 3.08. The van der Waals surface area contributed by atoms with Gasteiger partial charge in [-0.1, -0.05) is 54.1 Å². The summed E-state index contributed by atoms with van der Waals surface area (Å²) in [5.41, 5.74) is 7.35. The van der Waals surface area contributed by atoms with Crippen LogP contribution in [0.5, 0.6) is 0 Å². The number of benzene rings is 2. The Bertz CT molecular complexity index is 1060. The summed E-state index contributed by atoms with van der Waals surface area (Å²) >= 11 is 0. The van der Waals surface area contributed by atoms with E-state index in [0.29, 0.717) is 18.7 Å². The number of hydrogen-bond donors (Lipinski definition) is 2. The topological polar surface area (TPSA) is 51.4 Å². The molecule has 0 saturated carbocycles. The fourth-order valence-electron chi connectivity index (χ4n) is 4.71. The van der Waals surface area contributed by atoms with Crippen LogP contribution in [0.1, 0.15) is 63.3 Å². The summed E-state index contributed by atoms with van der Waals surface area (Å²) in [7, 11) is 0. The summed E-state index contributed by atoms with van der Waals surface area (Å²) in [5.74, 6) is -0.0460. The van der Waals surface area contributed by atoms with Gasteiger partial charge in [-0.3, -0.25) is 9.48 Å². The molecule has 1 fully saturated rings.